The van der Waals surface area contributed by atoms with Crippen LogP contribution in [0.3, 0.4) is 0 Å². The van der Waals surface area contributed by atoms with Gasteiger partial charge in [0.05, 0.1) is 36.5 Å². The number of aliphatic hydroxyl groups is 3. The van der Waals surface area contributed by atoms with Crippen molar-refractivity contribution >= 4 is 17.9 Å². The zero-order valence-corrected chi connectivity index (χ0v) is 32.5. The lowest BCUT2D eigenvalue weighted by Gasteiger charge is -2.23. The van der Waals surface area contributed by atoms with Crippen LogP contribution >= 0.6 is 0 Å². The van der Waals surface area contributed by atoms with Crippen LogP contribution in [0.4, 0.5) is 0 Å². The van der Waals surface area contributed by atoms with Gasteiger partial charge in [-0.25, -0.2) is 0 Å². The Bertz CT molecular complexity index is 1630. The van der Waals surface area contributed by atoms with Gasteiger partial charge in [0.15, 0.2) is 5.75 Å². The molecule has 1 aromatic carbocycles. The van der Waals surface area contributed by atoms with Crippen LogP contribution in [0.1, 0.15) is 100 Å². The van der Waals surface area contributed by atoms with E-state index >= 15 is 0 Å². The van der Waals surface area contributed by atoms with Crippen LogP contribution in [-0.4, -0.2) is 69.1 Å². The number of rotatable bonds is 23. The molecule has 0 aliphatic heterocycles. The first-order valence-corrected chi connectivity index (χ1v) is 19.3. The molecule has 298 valence electrons. The molecule has 1 aliphatic carbocycles. The van der Waals surface area contributed by atoms with E-state index in [0.29, 0.717) is 74.6 Å². The fourth-order valence-corrected chi connectivity index (χ4v) is 6.68. The van der Waals surface area contributed by atoms with Crippen molar-refractivity contribution in [1.29, 1.82) is 0 Å². The monoisotopic (exact) mass is 758 g/mol. The first-order chi connectivity index (χ1) is 26.4. The van der Waals surface area contributed by atoms with Gasteiger partial charge in [-0.05, 0) is 89.0 Å². The van der Waals surface area contributed by atoms with Crippen LogP contribution in [0.2, 0.25) is 0 Å². The van der Waals surface area contributed by atoms with Gasteiger partial charge in [0, 0.05) is 30.2 Å². The maximum absolute atomic E-state index is 13.1. The van der Waals surface area contributed by atoms with Crippen LogP contribution in [0.5, 0.6) is 5.75 Å². The number of pyridine rings is 1. The molecule has 3 rings (SSSR count). The molecule has 1 saturated carbocycles. The second-order valence-electron chi connectivity index (χ2n) is 14.4. The van der Waals surface area contributed by atoms with Gasteiger partial charge in [-0.15, -0.1) is 18.8 Å². The third-order valence-corrected chi connectivity index (χ3v) is 10.1. The van der Waals surface area contributed by atoms with E-state index in [0.717, 1.165) is 6.42 Å². The van der Waals surface area contributed by atoms with Gasteiger partial charge in [-0.3, -0.25) is 24.7 Å². The number of aliphatic hydroxyl groups excluding tert-OH is 3. The van der Waals surface area contributed by atoms with Crippen molar-refractivity contribution in [2.24, 2.45) is 17.8 Å². The van der Waals surface area contributed by atoms with Gasteiger partial charge in [-0.2, -0.15) is 0 Å². The number of allylic oxidation sites excluding steroid dienone is 2. The third-order valence-electron chi connectivity index (χ3n) is 10.1. The lowest BCUT2D eigenvalue weighted by atomic mass is 9.85. The molecule has 1 aliphatic rings. The number of hydrogen-bond donors (Lipinski definition) is 4. The molecule has 7 atom stereocenters. The Balaban J connectivity index is 1.55. The summed E-state index contributed by atoms with van der Waals surface area (Å²) in [7, 11) is 0. The predicted molar refractivity (Wildman–Crippen MR) is 209 cm³/mol. The second kappa shape index (κ2) is 24.1. The molecule has 0 spiro atoms. The Kier molecular flexibility index (Phi) is 19.7. The highest BCUT2D eigenvalue weighted by Crippen LogP contribution is 2.38. The molecule has 1 fully saturated rings. The molecule has 0 radical (unpaired) electrons. The van der Waals surface area contributed by atoms with E-state index in [9.17, 15) is 29.7 Å². The SMILES string of the molecule is C#CCCC(C)C(=O)OCc1c(COC(=O)C(C)NCC#C)cnc(C)c1OC(=O)CCC/C=C\C[C@@H]1[C@@H](CC[C@@H](O)CCc2ccccc2)[C@H](O)C[C@@H]1O. The van der Waals surface area contributed by atoms with E-state index in [2.05, 4.69) is 22.1 Å². The molecule has 11 nitrogen and oxygen atoms in total. The number of benzene rings is 1. The number of nitrogens with one attached hydrogen (secondary N) is 1. The van der Waals surface area contributed by atoms with E-state index in [4.69, 9.17) is 27.1 Å². The van der Waals surface area contributed by atoms with Crippen molar-refractivity contribution in [2.45, 2.75) is 129 Å². The van der Waals surface area contributed by atoms with Crippen LogP contribution in [0.25, 0.3) is 0 Å². The Hall–Kier alpha value is -4.52. The average molecular weight is 759 g/mol. The van der Waals surface area contributed by atoms with Gasteiger partial charge >= 0.3 is 17.9 Å². The number of aromatic nitrogens is 1. The minimum absolute atomic E-state index is 0.0952. The molecule has 4 N–H and O–H groups in total. The first kappa shape index (κ1) is 44.9. The molecule has 0 saturated heterocycles. The number of aryl methyl sites for hydroxylation is 2. The summed E-state index contributed by atoms with van der Waals surface area (Å²) in [6, 6.07) is 9.36. The summed E-state index contributed by atoms with van der Waals surface area (Å²) >= 11 is 0. The second-order valence-corrected chi connectivity index (χ2v) is 14.4. The zero-order chi connectivity index (χ0) is 40.2. The summed E-state index contributed by atoms with van der Waals surface area (Å²) in [5.74, 6) is 2.88. The Morgan fingerprint density at radius 2 is 1.71 bits per heavy atom. The van der Waals surface area contributed by atoms with Crippen molar-refractivity contribution in [2.75, 3.05) is 6.54 Å². The van der Waals surface area contributed by atoms with E-state index in [1.54, 1.807) is 20.8 Å². The predicted octanol–water partition coefficient (Wildman–Crippen LogP) is 5.29. The molecule has 2 unspecified atom stereocenters. The minimum atomic E-state index is -0.662. The molecule has 0 amide bonds. The van der Waals surface area contributed by atoms with Crippen LogP contribution in [0.15, 0.2) is 48.7 Å². The van der Waals surface area contributed by atoms with Gasteiger partial charge in [0.1, 0.15) is 19.3 Å². The molecular weight excluding hydrogens is 700 g/mol. The Morgan fingerprint density at radius 3 is 2.44 bits per heavy atom. The summed E-state index contributed by atoms with van der Waals surface area (Å²) in [6.45, 7) is 4.76. The smallest absolute Gasteiger partial charge is 0.323 e. The standard InChI is InChI=1S/C44H58N2O9/c1-6-8-16-30(3)43(51)54-29-38-34(28-53-44(52)32(5)45-25-7-2)27-46-31(4)42(38)55-41(50)20-15-10-9-14-19-36-37(40(49)26-39(36)48)24-23-35(47)22-21-33-17-12-11-13-18-33/h1-2,9,11-14,17-18,27,30,32,35-37,39-40,45,47-49H,8,10,15-16,19-26,28-29H2,3-5H3/b14-9-/t30?,32?,35-,36+,37+,39-,40+/m0/s1. The number of carbonyl (C=O) groups excluding carboxylic acids is 3. The van der Waals surface area contributed by atoms with Gasteiger partial charge in [-0.1, -0.05) is 55.3 Å². The van der Waals surface area contributed by atoms with Crippen LogP contribution in [0, 0.1) is 49.4 Å². The average Bonchev–Trinajstić information content (AvgIpc) is 3.45. The number of unbranched alkanes of at least 4 members (excludes halogenated alkanes) is 1. The molecule has 1 aromatic heterocycles. The Morgan fingerprint density at radius 1 is 0.982 bits per heavy atom. The zero-order valence-electron chi connectivity index (χ0n) is 32.5. The number of esters is 3. The van der Waals surface area contributed by atoms with Crippen LogP contribution in [-0.2, 0) is 43.5 Å². The maximum atomic E-state index is 13.1. The highest BCUT2D eigenvalue weighted by molar-refractivity contribution is 5.76. The van der Waals surface area contributed by atoms with E-state index in [1.807, 2.05) is 42.5 Å². The summed E-state index contributed by atoms with van der Waals surface area (Å²) in [5, 5.41) is 34.8. The highest BCUT2D eigenvalue weighted by atomic mass is 16.6. The first-order valence-electron chi connectivity index (χ1n) is 19.3. The minimum Gasteiger partial charge on any atom is -0.460 e. The van der Waals surface area contributed by atoms with Gasteiger partial charge < -0.3 is 29.5 Å². The maximum Gasteiger partial charge on any atom is 0.323 e. The molecule has 2 aromatic rings. The molecule has 55 heavy (non-hydrogen) atoms. The van der Waals surface area contributed by atoms with Crippen molar-refractivity contribution in [3.63, 3.8) is 0 Å². The van der Waals surface area contributed by atoms with Crippen molar-refractivity contribution in [3.8, 4) is 30.4 Å². The lowest BCUT2D eigenvalue weighted by molar-refractivity contribution is -0.150. The normalized spacial score (nSPS) is 19.6. The topological polar surface area (TPSA) is 165 Å². The molecule has 1 heterocycles. The van der Waals surface area contributed by atoms with Gasteiger partial charge in [0.2, 0.25) is 0 Å². The Labute approximate surface area is 326 Å². The summed E-state index contributed by atoms with van der Waals surface area (Å²) in [5.41, 5.74) is 2.36. The molecular formula is C44H58N2O9. The highest BCUT2D eigenvalue weighted by Gasteiger charge is 2.40. The fourth-order valence-electron chi connectivity index (χ4n) is 6.68. The summed E-state index contributed by atoms with van der Waals surface area (Å²) in [4.78, 5) is 42.7. The van der Waals surface area contributed by atoms with E-state index in [-0.39, 0.29) is 43.8 Å². The third kappa shape index (κ3) is 15.3. The van der Waals surface area contributed by atoms with Crippen molar-refractivity contribution < 1.29 is 43.9 Å². The number of ether oxygens (including phenoxy) is 3. The van der Waals surface area contributed by atoms with Crippen LogP contribution < -0.4 is 10.1 Å². The molecule has 11 heteroatoms. The lowest BCUT2D eigenvalue weighted by Crippen LogP contribution is -2.35. The fraction of sp³-hybridized carbons (Fsp3) is 0.545. The number of terminal acetylenes is 2. The number of nitrogens with zero attached hydrogens (tertiary/aromatic N) is 1. The summed E-state index contributed by atoms with van der Waals surface area (Å²) < 4.78 is 16.9. The number of carbonyl (C=O) groups is 3. The van der Waals surface area contributed by atoms with E-state index < -0.39 is 48.2 Å². The summed E-state index contributed by atoms with van der Waals surface area (Å²) in [6.07, 6.45) is 19.9. The number of hydrogen-bond acceptors (Lipinski definition) is 11. The van der Waals surface area contributed by atoms with Gasteiger partial charge in [0.25, 0.3) is 0 Å². The van der Waals surface area contributed by atoms with E-state index in [1.165, 1.54) is 11.8 Å². The largest absolute Gasteiger partial charge is 0.460 e. The van der Waals surface area contributed by atoms with Crippen molar-refractivity contribution in [3.05, 3.63) is 71.1 Å². The molecule has 0 bridgehead atoms. The van der Waals surface area contributed by atoms with Crippen molar-refractivity contribution in [1.82, 2.24) is 10.3 Å². The quantitative estimate of drug-likeness (QED) is 0.0504.